The van der Waals surface area contributed by atoms with Gasteiger partial charge in [-0.05, 0) is 24.8 Å². The summed E-state index contributed by atoms with van der Waals surface area (Å²) in [6.45, 7) is 5.37. The van der Waals surface area contributed by atoms with E-state index >= 15 is 0 Å². The van der Waals surface area contributed by atoms with Crippen molar-refractivity contribution in [1.82, 2.24) is 5.32 Å². The molecular weight excluding hydrogens is 202 g/mol. The molecule has 1 fully saturated rings. The van der Waals surface area contributed by atoms with Gasteiger partial charge in [0.1, 0.15) is 5.75 Å². The third-order valence-corrected chi connectivity index (χ3v) is 3.09. The van der Waals surface area contributed by atoms with Crippen molar-refractivity contribution in [2.24, 2.45) is 5.92 Å². The van der Waals surface area contributed by atoms with Gasteiger partial charge in [-0.2, -0.15) is 0 Å². The Labute approximate surface area is 96.4 Å². The first kappa shape index (κ1) is 11.4. The summed E-state index contributed by atoms with van der Waals surface area (Å²) >= 11 is 0. The van der Waals surface area contributed by atoms with Crippen LogP contribution in [0.15, 0.2) is 18.2 Å². The van der Waals surface area contributed by atoms with E-state index in [0.29, 0.717) is 11.7 Å². The number of aryl methyl sites for hydroxylation is 1. The Morgan fingerprint density at radius 1 is 1.50 bits per heavy atom. The number of aromatic hydroxyl groups is 1. The number of nitrogens with one attached hydrogen (secondary N) is 1. The Balaban J connectivity index is 1.82. The fourth-order valence-corrected chi connectivity index (χ4v) is 2.02. The molecule has 1 unspecified atom stereocenters. The summed E-state index contributed by atoms with van der Waals surface area (Å²) < 4.78 is 5.31. The lowest BCUT2D eigenvalue weighted by Gasteiger charge is -2.11. The lowest BCUT2D eigenvalue weighted by Crippen LogP contribution is -2.22. The highest BCUT2D eigenvalue weighted by atomic mass is 16.5. The number of hydrogen-bond acceptors (Lipinski definition) is 3. The molecule has 0 amide bonds. The zero-order chi connectivity index (χ0) is 11.4. The second-order valence-corrected chi connectivity index (χ2v) is 4.44. The molecule has 0 radical (unpaired) electrons. The molecule has 1 saturated heterocycles. The maximum atomic E-state index is 9.82. The summed E-state index contributed by atoms with van der Waals surface area (Å²) in [4.78, 5) is 0. The molecule has 1 atom stereocenters. The normalized spacial score (nSPS) is 20.2. The first-order valence-electron chi connectivity index (χ1n) is 5.83. The molecule has 3 nitrogen and oxygen atoms in total. The van der Waals surface area contributed by atoms with Gasteiger partial charge >= 0.3 is 0 Å². The summed E-state index contributed by atoms with van der Waals surface area (Å²) in [5, 5.41) is 13.2. The average molecular weight is 221 g/mol. The van der Waals surface area contributed by atoms with Crippen LogP contribution in [0.2, 0.25) is 0 Å². The van der Waals surface area contributed by atoms with Gasteiger partial charge in [-0.3, -0.25) is 0 Å². The van der Waals surface area contributed by atoms with Gasteiger partial charge in [-0.15, -0.1) is 0 Å². The molecule has 0 aromatic heterocycles. The van der Waals surface area contributed by atoms with Crippen LogP contribution < -0.4 is 5.32 Å². The van der Waals surface area contributed by atoms with E-state index in [-0.39, 0.29) is 0 Å². The van der Waals surface area contributed by atoms with Crippen molar-refractivity contribution in [2.75, 3.05) is 19.8 Å². The number of ether oxygens (including phenoxy) is 1. The van der Waals surface area contributed by atoms with Gasteiger partial charge in [0.25, 0.3) is 0 Å². The number of benzene rings is 1. The van der Waals surface area contributed by atoms with Gasteiger partial charge < -0.3 is 15.2 Å². The fraction of sp³-hybridized carbons (Fsp3) is 0.538. The number of phenolic OH excluding ortho intramolecular Hbond substituents is 1. The summed E-state index contributed by atoms with van der Waals surface area (Å²) in [6, 6.07) is 5.86. The highest BCUT2D eigenvalue weighted by Gasteiger charge is 2.14. The molecule has 0 aliphatic carbocycles. The Morgan fingerprint density at radius 3 is 3.12 bits per heavy atom. The molecular formula is C13H19NO2. The zero-order valence-electron chi connectivity index (χ0n) is 9.70. The molecule has 1 aromatic rings. The lowest BCUT2D eigenvalue weighted by atomic mass is 10.1. The third-order valence-electron chi connectivity index (χ3n) is 3.09. The molecule has 1 aromatic carbocycles. The van der Waals surface area contributed by atoms with Crippen LogP contribution in [0.3, 0.4) is 0 Å². The smallest absolute Gasteiger partial charge is 0.122 e. The van der Waals surface area contributed by atoms with Crippen LogP contribution in [0.5, 0.6) is 5.75 Å². The van der Waals surface area contributed by atoms with E-state index in [4.69, 9.17) is 4.74 Å². The molecule has 16 heavy (non-hydrogen) atoms. The van der Waals surface area contributed by atoms with E-state index < -0.39 is 0 Å². The van der Waals surface area contributed by atoms with Crippen LogP contribution in [0.25, 0.3) is 0 Å². The van der Waals surface area contributed by atoms with Gasteiger partial charge in [0.15, 0.2) is 0 Å². The molecule has 2 rings (SSSR count). The maximum absolute atomic E-state index is 9.82. The predicted octanol–water partition coefficient (Wildman–Crippen LogP) is 1.83. The van der Waals surface area contributed by atoms with E-state index in [2.05, 4.69) is 5.32 Å². The van der Waals surface area contributed by atoms with Crippen LogP contribution >= 0.6 is 0 Å². The summed E-state index contributed by atoms with van der Waals surface area (Å²) in [5.74, 6) is 1.05. The van der Waals surface area contributed by atoms with Crippen molar-refractivity contribution in [3.05, 3.63) is 29.3 Å². The zero-order valence-corrected chi connectivity index (χ0v) is 9.70. The molecule has 1 aliphatic heterocycles. The molecule has 0 spiro atoms. The molecule has 1 aliphatic rings. The number of rotatable bonds is 4. The van der Waals surface area contributed by atoms with Gasteiger partial charge in [0, 0.05) is 25.3 Å². The van der Waals surface area contributed by atoms with E-state index in [0.717, 1.165) is 43.9 Å². The van der Waals surface area contributed by atoms with E-state index in [1.807, 2.05) is 25.1 Å². The minimum absolute atomic E-state index is 0.415. The highest BCUT2D eigenvalue weighted by Crippen LogP contribution is 2.21. The third kappa shape index (κ3) is 2.74. The second kappa shape index (κ2) is 5.32. The lowest BCUT2D eigenvalue weighted by molar-refractivity contribution is 0.185. The van der Waals surface area contributed by atoms with Crippen molar-refractivity contribution in [3.63, 3.8) is 0 Å². The van der Waals surface area contributed by atoms with Crippen LogP contribution in [0.4, 0.5) is 0 Å². The topological polar surface area (TPSA) is 41.5 Å². The SMILES string of the molecule is Cc1cccc(CNCC2CCOC2)c1O. The quantitative estimate of drug-likeness (QED) is 0.815. The predicted molar refractivity (Wildman–Crippen MR) is 63.5 cm³/mol. The minimum Gasteiger partial charge on any atom is -0.507 e. The Bertz CT molecular complexity index is 346. The monoisotopic (exact) mass is 221 g/mol. The maximum Gasteiger partial charge on any atom is 0.122 e. The van der Waals surface area contributed by atoms with Crippen LogP contribution in [0, 0.1) is 12.8 Å². The number of hydrogen-bond donors (Lipinski definition) is 2. The number of para-hydroxylation sites is 1. The standard InChI is InChI=1S/C13H19NO2/c1-10-3-2-4-12(13(10)15)8-14-7-11-5-6-16-9-11/h2-4,11,14-15H,5-9H2,1H3. The first-order valence-corrected chi connectivity index (χ1v) is 5.83. The van der Waals surface area contributed by atoms with Gasteiger partial charge in [0.2, 0.25) is 0 Å². The first-order chi connectivity index (χ1) is 7.77. The van der Waals surface area contributed by atoms with Crippen molar-refractivity contribution >= 4 is 0 Å². The Morgan fingerprint density at radius 2 is 2.38 bits per heavy atom. The van der Waals surface area contributed by atoms with E-state index in [1.165, 1.54) is 0 Å². The highest BCUT2D eigenvalue weighted by molar-refractivity contribution is 5.39. The van der Waals surface area contributed by atoms with Gasteiger partial charge in [0.05, 0.1) is 6.61 Å². The van der Waals surface area contributed by atoms with Gasteiger partial charge in [-0.25, -0.2) is 0 Å². The van der Waals surface area contributed by atoms with Crippen LogP contribution in [0.1, 0.15) is 17.5 Å². The molecule has 0 saturated carbocycles. The molecule has 2 N–H and O–H groups in total. The molecule has 0 bridgehead atoms. The summed E-state index contributed by atoms with van der Waals surface area (Å²) in [6.07, 6.45) is 1.15. The fourth-order valence-electron chi connectivity index (χ4n) is 2.02. The average Bonchev–Trinajstić information content (AvgIpc) is 2.77. The largest absolute Gasteiger partial charge is 0.507 e. The second-order valence-electron chi connectivity index (χ2n) is 4.44. The summed E-state index contributed by atoms with van der Waals surface area (Å²) in [7, 11) is 0. The van der Waals surface area contributed by atoms with Crippen molar-refractivity contribution in [1.29, 1.82) is 0 Å². The van der Waals surface area contributed by atoms with E-state index in [9.17, 15) is 5.11 Å². The molecule has 88 valence electrons. The Hall–Kier alpha value is -1.06. The number of phenols is 1. The van der Waals surface area contributed by atoms with Crippen LogP contribution in [-0.2, 0) is 11.3 Å². The molecule has 3 heteroatoms. The van der Waals surface area contributed by atoms with Crippen molar-refractivity contribution in [3.8, 4) is 5.75 Å². The minimum atomic E-state index is 0.415. The van der Waals surface area contributed by atoms with Gasteiger partial charge in [-0.1, -0.05) is 18.2 Å². The Kier molecular flexibility index (Phi) is 3.80. The summed E-state index contributed by atoms with van der Waals surface area (Å²) in [5.41, 5.74) is 1.91. The van der Waals surface area contributed by atoms with Crippen LogP contribution in [-0.4, -0.2) is 24.9 Å². The van der Waals surface area contributed by atoms with Crippen molar-refractivity contribution in [2.45, 2.75) is 19.9 Å². The molecule has 1 heterocycles. The van der Waals surface area contributed by atoms with E-state index in [1.54, 1.807) is 0 Å². The van der Waals surface area contributed by atoms with Crippen molar-refractivity contribution < 1.29 is 9.84 Å².